The molecule has 0 saturated heterocycles. The summed E-state index contributed by atoms with van der Waals surface area (Å²) >= 11 is 0. The number of imidazole rings is 1. The van der Waals surface area contributed by atoms with Crippen LogP contribution in [0.15, 0.2) is 42.7 Å². The van der Waals surface area contributed by atoms with Gasteiger partial charge in [0, 0.05) is 0 Å². The van der Waals surface area contributed by atoms with Gasteiger partial charge in [-0.15, -0.1) is 0 Å². The molecule has 0 unspecified atom stereocenters. The minimum atomic E-state index is 0.666. The van der Waals surface area contributed by atoms with Gasteiger partial charge in [-0.25, -0.2) is 9.55 Å². The molecule has 1 heterocycles. The lowest BCUT2D eigenvalue weighted by molar-refractivity contribution is -0.695. The van der Waals surface area contributed by atoms with Crippen LogP contribution in [0.1, 0.15) is 205 Å². The van der Waals surface area contributed by atoms with E-state index in [0.717, 1.165) is 6.54 Å². The Kier molecular flexibility index (Phi) is 23.6. The number of rotatable bonds is 30. The maximum absolute atomic E-state index is 3.68. The van der Waals surface area contributed by atoms with Crippen LogP contribution in [0, 0.1) is 0 Å². The van der Waals surface area contributed by atoms with E-state index >= 15 is 0 Å². The molecule has 2 heteroatoms. The summed E-state index contributed by atoms with van der Waals surface area (Å²) in [5.74, 6) is 2.12. The van der Waals surface area contributed by atoms with E-state index in [9.17, 15) is 0 Å². The Bertz CT molecular complexity index is 810. The molecule has 2 rings (SSSR count). The molecule has 0 aliphatic rings. The molecule has 0 aliphatic heterocycles. The summed E-state index contributed by atoms with van der Waals surface area (Å²) in [4.78, 5) is 3.68. The van der Waals surface area contributed by atoms with E-state index < -0.39 is 0 Å². The topological polar surface area (TPSA) is 19.7 Å². The third-order valence-corrected chi connectivity index (χ3v) is 9.44. The van der Waals surface area contributed by atoms with E-state index in [1.165, 1.54) is 185 Å². The first-order chi connectivity index (χ1) is 20.8. The number of benzene rings is 1. The fourth-order valence-electron chi connectivity index (χ4n) is 6.70. The molecule has 2 nitrogen and oxygen atoms in total. The lowest BCUT2D eigenvalue weighted by Crippen LogP contribution is -2.38. The number of nitrogens with zero attached hydrogens (tertiary/aromatic N) is 1. The highest BCUT2D eigenvalue weighted by molar-refractivity contribution is 5.13. The van der Waals surface area contributed by atoms with Crippen molar-refractivity contribution in [1.82, 2.24) is 4.98 Å². The fourth-order valence-corrected chi connectivity index (χ4v) is 6.70. The van der Waals surface area contributed by atoms with Crippen molar-refractivity contribution < 1.29 is 4.57 Å². The molecule has 1 N–H and O–H groups in total. The summed E-state index contributed by atoms with van der Waals surface area (Å²) in [6, 6.07) is 11.0. The SMILES string of the molecule is CCCCCCCCCCCCCCCCC[C@H](CCCCCCCCCCCC)c1[nH]cc[n+]1Cc1ccccc1. The van der Waals surface area contributed by atoms with Crippen molar-refractivity contribution in [3.8, 4) is 0 Å². The van der Waals surface area contributed by atoms with Crippen LogP contribution < -0.4 is 4.57 Å². The standard InChI is InChI=1S/C40H70N2/c1-3-5-7-9-11-13-15-16-17-18-19-21-23-25-30-34-39(33-29-24-22-20-14-12-10-8-6-4-2)40-41-35-36-42(40)37-38-31-27-26-28-32-38/h26-28,31-32,35-36,39H,3-25,29-30,33-34,37H2,1-2H3/p+1/t39-/m0/s1. The molecule has 0 aliphatic carbocycles. The van der Waals surface area contributed by atoms with Gasteiger partial charge in [0.15, 0.2) is 0 Å². The van der Waals surface area contributed by atoms with Crippen molar-refractivity contribution in [3.63, 3.8) is 0 Å². The van der Waals surface area contributed by atoms with Gasteiger partial charge < -0.3 is 0 Å². The van der Waals surface area contributed by atoms with Crippen molar-refractivity contribution in [2.45, 2.75) is 200 Å². The van der Waals surface area contributed by atoms with Crippen LogP contribution in [-0.2, 0) is 6.54 Å². The molecule has 0 fully saturated rings. The van der Waals surface area contributed by atoms with Gasteiger partial charge in [-0.1, -0.05) is 205 Å². The van der Waals surface area contributed by atoms with Crippen molar-refractivity contribution in [3.05, 3.63) is 54.1 Å². The highest BCUT2D eigenvalue weighted by Crippen LogP contribution is 2.26. The number of hydrogen-bond acceptors (Lipinski definition) is 0. The third kappa shape index (κ3) is 18.9. The molecule has 0 radical (unpaired) electrons. The minimum absolute atomic E-state index is 0.666. The minimum Gasteiger partial charge on any atom is -0.247 e. The Morgan fingerprint density at radius 3 is 1.29 bits per heavy atom. The first kappa shape index (κ1) is 36.6. The molecule has 1 aromatic heterocycles. The monoisotopic (exact) mass is 580 g/mol. The van der Waals surface area contributed by atoms with Gasteiger partial charge >= 0.3 is 0 Å². The lowest BCUT2D eigenvalue weighted by Gasteiger charge is -2.14. The quantitative estimate of drug-likeness (QED) is 0.0701. The van der Waals surface area contributed by atoms with E-state index in [1.807, 2.05) is 0 Å². The van der Waals surface area contributed by atoms with Gasteiger partial charge in [-0.2, -0.15) is 0 Å². The lowest BCUT2D eigenvalue weighted by atomic mass is 9.93. The molecule has 0 spiro atoms. The van der Waals surface area contributed by atoms with Crippen molar-refractivity contribution >= 4 is 0 Å². The Morgan fingerprint density at radius 2 is 0.881 bits per heavy atom. The first-order valence-corrected chi connectivity index (χ1v) is 19.0. The van der Waals surface area contributed by atoms with Gasteiger partial charge in [0.1, 0.15) is 18.9 Å². The highest BCUT2D eigenvalue weighted by atomic mass is 15.1. The first-order valence-electron chi connectivity index (χ1n) is 19.0. The van der Waals surface area contributed by atoms with E-state index in [-0.39, 0.29) is 0 Å². The zero-order chi connectivity index (χ0) is 29.8. The maximum atomic E-state index is 3.68. The zero-order valence-electron chi connectivity index (χ0n) is 28.4. The van der Waals surface area contributed by atoms with Gasteiger partial charge in [-0.3, -0.25) is 0 Å². The van der Waals surface area contributed by atoms with Crippen molar-refractivity contribution in [1.29, 1.82) is 0 Å². The molecule has 0 amide bonds. The summed E-state index contributed by atoms with van der Waals surface area (Å²) < 4.78 is 2.49. The Hall–Kier alpha value is -1.57. The van der Waals surface area contributed by atoms with Crippen LogP contribution in [0.2, 0.25) is 0 Å². The summed E-state index contributed by atoms with van der Waals surface area (Å²) in [5.41, 5.74) is 1.40. The average Bonchev–Trinajstić information content (AvgIpc) is 3.47. The second kappa shape index (κ2) is 27.0. The third-order valence-electron chi connectivity index (χ3n) is 9.44. The maximum Gasteiger partial charge on any atom is 0.257 e. The number of hydrogen-bond donors (Lipinski definition) is 1. The number of H-pyrrole nitrogens is 1. The van der Waals surface area contributed by atoms with E-state index in [1.54, 1.807) is 0 Å². The van der Waals surface area contributed by atoms with E-state index in [4.69, 9.17) is 0 Å². The predicted molar refractivity (Wildman–Crippen MR) is 185 cm³/mol. The molecular formula is C40H71N2+. The molecule has 0 saturated carbocycles. The fraction of sp³-hybridized carbons (Fsp3) is 0.775. The number of aromatic amines is 1. The summed E-state index contributed by atoms with van der Waals surface area (Å²) in [6.45, 7) is 5.60. The van der Waals surface area contributed by atoms with Crippen molar-refractivity contribution in [2.24, 2.45) is 0 Å². The smallest absolute Gasteiger partial charge is 0.247 e. The molecular weight excluding hydrogens is 508 g/mol. The van der Waals surface area contributed by atoms with E-state index in [2.05, 4.69) is 66.1 Å². The summed E-state index contributed by atoms with van der Waals surface area (Å²) in [7, 11) is 0. The molecule has 1 aromatic carbocycles. The van der Waals surface area contributed by atoms with Gasteiger partial charge in [0.25, 0.3) is 5.82 Å². The Labute approximate surface area is 262 Å². The van der Waals surface area contributed by atoms with Crippen LogP contribution in [0.25, 0.3) is 0 Å². The Morgan fingerprint density at radius 1 is 0.500 bits per heavy atom. The second-order valence-corrected chi connectivity index (χ2v) is 13.4. The van der Waals surface area contributed by atoms with Gasteiger partial charge in [-0.05, 0) is 18.4 Å². The molecule has 240 valence electrons. The average molecular weight is 580 g/mol. The molecule has 0 bridgehead atoms. The Balaban J connectivity index is 1.63. The zero-order valence-corrected chi connectivity index (χ0v) is 28.4. The summed E-state index contributed by atoms with van der Waals surface area (Å²) in [6.07, 6.45) is 42.9. The van der Waals surface area contributed by atoms with Crippen LogP contribution in [-0.4, -0.2) is 4.98 Å². The number of unbranched alkanes of at least 4 members (excludes halogenated alkanes) is 23. The van der Waals surface area contributed by atoms with E-state index in [0.29, 0.717) is 5.92 Å². The van der Waals surface area contributed by atoms with Crippen LogP contribution >= 0.6 is 0 Å². The van der Waals surface area contributed by atoms with Crippen LogP contribution in [0.4, 0.5) is 0 Å². The number of nitrogens with one attached hydrogen (secondary N) is 1. The van der Waals surface area contributed by atoms with Crippen molar-refractivity contribution in [2.75, 3.05) is 0 Å². The largest absolute Gasteiger partial charge is 0.257 e. The molecule has 42 heavy (non-hydrogen) atoms. The molecule has 2 aromatic rings. The normalized spacial score (nSPS) is 12.2. The number of aromatic nitrogens is 2. The van der Waals surface area contributed by atoms with Crippen LogP contribution in [0.5, 0.6) is 0 Å². The van der Waals surface area contributed by atoms with Gasteiger partial charge in [0.05, 0.1) is 5.92 Å². The second-order valence-electron chi connectivity index (χ2n) is 13.4. The van der Waals surface area contributed by atoms with Gasteiger partial charge in [0.2, 0.25) is 0 Å². The molecule has 1 atom stereocenters. The predicted octanol–water partition coefficient (Wildman–Crippen LogP) is 13.0. The summed E-state index contributed by atoms with van der Waals surface area (Å²) in [5, 5.41) is 0. The van der Waals surface area contributed by atoms with Crippen LogP contribution in [0.3, 0.4) is 0 Å². The highest BCUT2D eigenvalue weighted by Gasteiger charge is 2.22.